The molecule has 0 aromatic heterocycles. The molecule has 2 aromatic rings. The molecule has 98 valence electrons. The van der Waals surface area contributed by atoms with Crippen molar-refractivity contribution in [2.45, 2.75) is 11.4 Å². The molecule has 0 aliphatic heterocycles. The summed E-state index contributed by atoms with van der Waals surface area (Å²) >= 11 is 7.45. The van der Waals surface area contributed by atoms with E-state index in [-0.39, 0.29) is 5.56 Å². The molecule has 0 saturated carbocycles. The minimum atomic E-state index is -0.551. The van der Waals surface area contributed by atoms with Gasteiger partial charge in [-0.3, -0.25) is 4.79 Å². The molecule has 19 heavy (non-hydrogen) atoms. The monoisotopic (exact) mass is 339 g/mol. The predicted octanol–water partition coefficient (Wildman–Crippen LogP) is 3.81. The van der Waals surface area contributed by atoms with Crippen molar-refractivity contribution in [1.29, 1.82) is 0 Å². The first-order chi connectivity index (χ1) is 9.06. The molecule has 0 aliphatic carbocycles. The summed E-state index contributed by atoms with van der Waals surface area (Å²) < 4.78 is 14.4. The summed E-state index contributed by atoms with van der Waals surface area (Å²) in [4.78, 5) is 12.4. The Balaban J connectivity index is 2.07. The summed E-state index contributed by atoms with van der Waals surface area (Å²) in [6.07, 6.45) is 0. The lowest BCUT2D eigenvalue weighted by Gasteiger charge is -2.07. The number of halogens is 2. The summed E-state index contributed by atoms with van der Waals surface area (Å²) in [6.45, 7) is 0.342. The first-order valence-electron chi connectivity index (χ1n) is 5.57. The Morgan fingerprint density at radius 3 is 2.79 bits per heavy atom. The molecule has 1 amide bonds. The van der Waals surface area contributed by atoms with Crippen LogP contribution in [-0.2, 0) is 6.54 Å². The average molecular weight is 340 g/mol. The van der Waals surface area contributed by atoms with Crippen molar-refractivity contribution in [3.05, 3.63) is 63.9 Å². The summed E-state index contributed by atoms with van der Waals surface area (Å²) in [7, 11) is 0. The summed E-state index contributed by atoms with van der Waals surface area (Å²) in [5, 5.41) is 2.68. The van der Waals surface area contributed by atoms with Gasteiger partial charge >= 0.3 is 0 Å². The molecule has 0 atom stereocenters. The van der Waals surface area contributed by atoms with Gasteiger partial charge in [0.15, 0.2) is 0 Å². The van der Waals surface area contributed by atoms with E-state index in [0.29, 0.717) is 11.4 Å². The van der Waals surface area contributed by atoms with Gasteiger partial charge in [-0.1, -0.05) is 28.1 Å². The number of rotatable bonds is 3. The Kier molecular flexibility index (Phi) is 4.61. The van der Waals surface area contributed by atoms with Crippen molar-refractivity contribution in [3.63, 3.8) is 0 Å². The second kappa shape index (κ2) is 6.21. The molecule has 0 saturated heterocycles. The van der Waals surface area contributed by atoms with E-state index >= 15 is 0 Å². The maximum Gasteiger partial charge on any atom is 0.254 e. The van der Waals surface area contributed by atoms with Crippen molar-refractivity contribution in [2.24, 2.45) is 0 Å². The third-order valence-electron chi connectivity index (χ3n) is 2.54. The van der Waals surface area contributed by atoms with E-state index in [0.717, 1.165) is 10.0 Å². The number of hydrogen-bond acceptors (Lipinski definition) is 2. The molecule has 0 fully saturated rings. The minimum absolute atomic E-state index is 0.00231. The molecule has 0 heterocycles. The zero-order valence-electron chi connectivity index (χ0n) is 9.86. The molecule has 2 rings (SSSR count). The van der Waals surface area contributed by atoms with Crippen LogP contribution < -0.4 is 5.32 Å². The van der Waals surface area contributed by atoms with E-state index in [1.54, 1.807) is 0 Å². The van der Waals surface area contributed by atoms with Crippen LogP contribution in [0.5, 0.6) is 0 Å². The molecule has 0 bridgehead atoms. The smallest absolute Gasteiger partial charge is 0.254 e. The fourth-order valence-electron chi connectivity index (χ4n) is 1.61. The molecule has 0 radical (unpaired) electrons. The van der Waals surface area contributed by atoms with Crippen LogP contribution in [0.15, 0.2) is 51.8 Å². The molecule has 2 aromatic carbocycles. The van der Waals surface area contributed by atoms with Crippen LogP contribution in [0.25, 0.3) is 0 Å². The highest BCUT2D eigenvalue weighted by Gasteiger charge is 2.11. The van der Waals surface area contributed by atoms with Gasteiger partial charge in [0.2, 0.25) is 0 Å². The van der Waals surface area contributed by atoms with E-state index in [9.17, 15) is 9.18 Å². The number of amides is 1. The summed E-state index contributed by atoms with van der Waals surface area (Å²) in [6, 6.07) is 11.7. The first-order valence-corrected chi connectivity index (χ1v) is 6.81. The topological polar surface area (TPSA) is 29.1 Å². The number of thiol groups is 1. The van der Waals surface area contributed by atoms with Crippen LogP contribution in [0, 0.1) is 5.82 Å². The van der Waals surface area contributed by atoms with Crippen molar-refractivity contribution < 1.29 is 9.18 Å². The van der Waals surface area contributed by atoms with Crippen molar-refractivity contribution in [1.82, 2.24) is 5.32 Å². The molecule has 0 spiro atoms. The van der Waals surface area contributed by atoms with Crippen LogP contribution in [0.3, 0.4) is 0 Å². The molecule has 0 aliphatic rings. The Labute approximate surface area is 124 Å². The predicted molar refractivity (Wildman–Crippen MR) is 79.0 cm³/mol. The fourth-order valence-corrected chi connectivity index (χ4v) is 2.26. The molecule has 5 heteroatoms. The average Bonchev–Trinajstić information content (AvgIpc) is 2.39. The first kappa shape index (κ1) is 14.1. The maximum absolute atomic E-state index is 13.5. The van der Waals surface area contributed by atoms with Gasteiger partial charge in [-0.05, 0) is 35.9 Å². The van der Waals surface area contributed by atoms with Gasteiger partial charge in [-0.2, -0.15) is 0 Å². The molecular weight excluding hydrogens is 329 g/mol. The Bertz CT molecular complexity index is 618. The van der Waals surface area contributed by atoms with Gasteiger partial charge in [-0.25, -0.2) is 4.39 Å². The van der Waals surface area contributed by atoms with E-state index in [1.807, 2.05) is 24.3 Å². The number of nitrogens with one attached hydrogen (secondary N) is 1. The molecule has 2 nitrogen and oxygen atoms in total. The van der Waals surface area contributed by atoms with E-state index < -0.39 is 11.7 Å². The number of benzene rings is 2. The van der Waals surface area contributed by atoms with Gasteiger partial charge in [-0.15, -0.1) is 12.6 Å². The highest BCUT2D eigenvalue weighted by molar-refractivity contribution is 9.10. The Morgan fingerprint density at radius 2 is 2.05 bits per heavy atom. The summed E-state index contributed by atoms with van der Waals surface area (Å²) in [5.74, 6) is -1.00. The van der Waals surface area contributed by atoms with Gasteiger partial charge < -0.3 is 5.32 Å². The van der Waals surface area contributed by atoms with Crippen LogP contribution in [0.4, 0.5) is 4.39 Å². The van der Waals surface area contributed by atoms with Crippen molar-refractivity contribution >= 4 is 34.5 Å². The van der Waals surface area contributed by atoms with Gasteiger partial charge in [0.1, 0.15) is 5.82 Å². The lowest BCUT2D eigenvalue weighted by Crippen LogP contribution is -2.23. The number of hydrogen-bond donors (Lipinski definition) is 2. The van der Waals surface area contributed by atoms with Crippen molar-refractivity contribution in [2.75, 3.05) is 0 Å². The summed E-state index contributed by atoms with van der Waals surface area (Å²) in [5.41, 5.74) is 0.938. The Hall–Kier alpha value is -1.33. The quantitative estimate of drug-likeness (QED) is 0.818. The van der Waals surface area contributed by atoms with Gasteiger partial charge in [0.05, 0.1) is 5.56 Å². The van der Waals surface area contributed by atoms with Crippen LogP contribution >= 0.6 is 28.6 Å². The largest absolute Gasteiger partial charge is 0.348 e. The van der Waals surface area contributed by atoms with E-state index in [1.165, 1.54) is 18.2 Å². The van der Waals surface area contributed by atoms with E-state index in [4.69, 9.17) is 0 Å². The lowest BCUT2D eigenvalue weighted by molar-refractivity contribution is 0.0946. The molecule has 0 unspecified atom stereocenters. The SMILES string of the molecule is O=C(NCc1cccc(Br)c1)c1cc(S)ccc1F. The van der Waals surface area contributed by atoms with Crippen LogP contribution in [0.1, 0.15) is 15.9 Å². The van der Waals surface area contributed by atoms with Gasteiger partial charge in [0.25, 0.3) is 5.91 Å². The zero-order chi connectivity index (χ0) is 13.8. The standard InChI is InChI=1S/C14H11BrFNOS/c15-10-3-1-2-9(6-10)8-17-14(18)12-7-11(19)4-5-13(12)16/h1-7,19H,8H2,(H,17,18). The zero-order valence-corrected chi connectivity index (χ0v) is 12.3. The normalized spacial score (nSPS) is 10.3. The lowest BCUT2D eigenvalue weighted by atomic mass is 10.2. The molecular formula is C14H11BrFNOS. The second-order valence-electron chi connectivity index (χ2n) is 3.98. The molecule has 1 N–H and O–H groups in total. The number of carbonyl (C=O) groups is 1. The van der Waals surface area contributed by atoms with Gasteiger partial charge in [0, 0.05) is 15.9 Å². The van der Waals surface area contributed by atoms with Crippen LogP contribution in [-0.4, -0.2) is 5.91 Å². The number of carbonyl (C=O) groups excluding carboxylic acids is 1. The van der Waals surface area contributed by atoms with Crippen molar-refractivity contribution in [3.8, 4) is 0 Å². The highest BCUT2D eigenvalue weighted by atomic mass is 79.9. The minimum Gasteiger partial charge on any atom is -0.348 e. The third-order valence-corrected chi connectivity index (χ3v) is 3.31. The van der Waals surface area contributed by atoms with E-state index in [2.05, 4.69) is 33.9 Å². The Morgan fingerprint density at radius 1 is 1.26 bits per heavy atom. The van der Waals surface area contributed by atoms with Crippen LogP contribution in [0.2, 0.25) is 0 Å². The maximum atomic E-state index is 13.5. The third kappa shape index (κ3) is 3.81. The second-order valence-corrected chi connectivity index (χ2v) is 5.41. The fraction of sp³-hybridized carbons (Fsp3) is 0.0714. The highest BCUT2D eigenvalue weighted by Crippen LogP contribution is 2.14.